The number of carbonyl (C=O) groups excluding carboxylic acids is 3. The minimum absolute atomic E-state index is 0.145. The molecular formula is C14H17N3O3S. The van der Waals surface area contributed by atoms with E-state index < -0.39 is 17.8 Å². The van der Waals surface area contributed by atoms with E-state index in [0.29, 0.717) is 0 Å². The van der Waals surface area contributed by atoms with Crippen LogP contribution < -0.4 is 0 Å². The van der Waals surface area contributed by atoms with Crippen molar-refractivity contribution in [2.75, 3.05) is 19.8 Å². The Kier molecular flexibility index (Phi) is 3.54. The van der Waals surface area contributed by atoms with Crippen LogP contribution in [-0.2, 0) is 16.0 Å². The fourth-order valence-electron chi connectivity index (χ4n) is 2.89. The van der Waals surface area contributed by atoms with Gasteiger partial charge in [-0.25, -0.2) is 9.69 Å². The summed E-state index contributed by atoms with van der Waals surface area (Å²) < 4.78 is 0. The number of nitrogens with zero attached hydrogens (tertiary/aromatic N) is 3. The second kappa shape index (κ2) is 5.23. The molecule has 7 heteroatoms. The number of thiophene rings is 1. The van der Waals surface area contributed by atoms with Crippen LogP contribution in [0.25, 0.3) is 0 Å². The summed E-state index contributed by atoms with van der Waals surface area (Å²) in [5, 5.41) is 2.07. The van der Waals surface area contributed by atoms with Gasteiger partial charge in [0.15, 0.2) is 0 Å². The average Bonchev–Trinajstić information content (AvgIpc) is 3.02. The van der Waals surface area contributed by atoms with Crippen LogP contribution in [0.15, 0.2) is 11.4 Å². The molecule has 1 atom stereocenters. The molecule has 2 aliphatic heterocycles. The van der Waals surface area contributed by atoms with Gasteiger partial charge in [-0.1, -0.05) is 0 Å². The van der Waals surface area contributed by atoms with Crippen molar-refractivity contribution in [3.63, 3.8) is 0 Å². The first-order chi connectivity index (χ1) is 10.0. The Labute approximate surface area is 126 Å². The van der Waals surface area contributed by atoms with Gasteiger partial charge in [-0.2, -0.15) is 0 Å². The second-order valence-corrected chi connectivity index (χ2v) is 6.24. The standard InChI is InChI=1S/C14H17N3O3S/c1-3-16-12(18)13(19)17(14(16)20)8-15-6-4-11-10(9(15)2)5-7-21-11/h5,7,9H,3-4,6,8H2,1-2H3/t9-/m0/s1. The molecule has 1 fully saturated rings. The molecule has 4 amide bonds. The summed E-state index contributed by atoms with van der Waals surface area (Å²) in [7, 11) is 0. The SMILES string of the molecule is CCN1C(=O)C(=O)N(CN2CCc3sccc3[C@@H]2C)C1=O. The minimum atomic E-state index is -0.719. The Morgan fingerprint density at radius 1 is 1.24 bits per heavy atom. The Balaban J connectivity index is 1.77. The van der Waals surface area contributed by atoms with Crippen molar-refractivity contribution in [2.45, 2.75) is 26.3 Å². The molecular weight excluding hydrogens is 290 g/mol. The molecule has 1 aromatic heterocycles. The highest BCUT2D eigenvalue weighted by molar-refractivity contribution is 7.10. The van der Waals surface area contributed by atoms with Crippen LogP contribution in [-0.4, -0.2) is 52.3 Å². The molecule has 2 aliphatic rings. The van der Waals surface area contributed by atoms with Gasteiger partial charge in [0, 0.05) is 24.0 Å². The van der Waals surface area contributed by atoms with Crippen LogP contribution in [0, 0.1) is 0 Å². The van der Waals surface area contributed by atoms with E-state index in [2.05, 4.69) is 23.3 Å². The molecule has 0 spiro atoms. The van der Waals surface area contributed by atoms with Crippen molar-refractivity contribution in [1.29, 1.82) is 0 Å². The first-order valence-corrected chi connectivity index (χ1v) is 7.90. The van der Waals surface area contributed by atoms with Gasteiger partial charge in [-0.05, 0) is 37.3 Å². The largest absolute Gasteiger partial charge is 0.335 e. The zero-order valence-corrected chi connectivity index (χ0v) is 12.9. The fraction of sp³-hybridized carbons (Fsp3) is 0.500. The molecule has 0 aromatic carbocycles. The maximum atomic E-state index is 12.1. The van der Waals surface area contributed by atoms with Crippen molar-refractivity contribution in [2.24, 2.45) is 0 Å². The van der Waals surface area contributed by atoms with E-state index in [1.165, 1.54) is 10.4 Å². The fourth-order valence-corrected chi connectivity index (χ4v) is 3.85. The van der Waals surface area contributed by atoms with Crippen LogP contribution in [0.4, 0.5) is 4.79 Å². The van der Waals surface area contributed by atoms with Crippen molar-refractivity contribution in [3.8, 4) is 0 Å². The molecule has 3 rings (SSSR count). The van der Waals surface area contributed by atoms with Crippen LogP contribution >= 0.6 is 11.3 Å². The van der Waals surface area contributed by atoms with Crippen molar-refractivity contribution >= 4 is 29.2 Å². The Morgan fingerprint density at radius 2 is 1.95 bits per heavy atom. The normalized spacial score (nSPS) is 23.1. The Morgan fingerprint density at radius 3 is 2.62 bits per heavy atom. The number of rotatable bonds is 3. The third-order valence-electron chi connectivity index (χ3n) is 4.18. The van der Waals surface area contributed by atoms with Gasteiger partial charge < -0.3 is 0 Å². The Hall–Kier alpha value is -1.73. The molecule has 1 aromatic rings. The topological polar surface area (TPSA) is 60.9 Å². The molecule has 3 heterocycles. The number of hydrogen-bond acceptors (Lipinski definition) is 5. The third kappa shape index (κ3) is 2.16. The first-order valence-electron chi connectivity index (χ1n) is 7.02. The summed E-state index contributed by atoms with van der Waals surface area (Å²) in [6.07, 6.45) is 0.916. The van der Waals surface area contributed by atoms with Gasteiger partial charge in [-0.15, -0.1) is 11.3 Å². The summed E-state index contributed by atoms with van der Waals surface area (Å²) in [6, 6.07) is 1.73. The highest BCUT2D eigenvalue weighted by Crippen LogP contribution is 2.33. The first kappa shape index (κ1) is 14.2. The Bertz CT molecular complexity index is 612. The predicted octanol–water partition coefficient (Wildman–Crippen LogP) is 1.44. The van der Waals surface area contributed by atoms with Crippen molar-refractivity contribution in [3.05, 3.63) is 21.9 Å². The number of fused-ring (bicyclic) bond motifs is 1. The minimum Gasteiger partial charge on any atom is -0.278 e. The maximum absolute atomic E-state index is 12.1. The number of amides is 4. The molecule has 0 N–H and O–H groups in total. The summed E-state index contributed by atoms with van der Waals surface area (Å²) in [4.78, 5) is 41.3. The summed E-state index contributed by atoms with van der Waals surface area (Å²) in [6.45, 7) is 4.94. The smallest absolute Gasteiger partial charge is 0.278 e. The molecule has 1 saturated heterocycles. The summed E-state index contributed by atoms with van der Waals surface area (Å²) in [5.74, 6) is -1.44. The van der Waals surface area contributed by atoms with Gasteiger partial charge in [-0.3, -0.25) is 19.4 Å². The van der Waals surface area contributed by atoms with E-state index in [1.54, 1.807) is 18.3 Å². The van der Waals surface area contributed by atoms with Crippen LogP contribution in [0.5, 0.6) is 0 Å². The lowest BCUT2D eigenvalue weighted by Crippen LogP contribution is -2.45. The number of hydrogen-bond donors (Lipinski definition) is 0. The predicted molar refractivity (Wildman–Crippen MR) is 77.6 cm³/mol. The van der Waals surface area contributed by atoms with Gasteiger partial charge in [0.2, 0.25) is 0 Å². The molecule has 6 nitrogen and oxygen atoms in total. The lowest BCUT2D eigenvalue weighted by Gasteiger charge is -2.35. The zero-order chi connectivity index (χ0) is 15.1. The molecule has 0 aliphatic carbocycles. The highest BCUT2D eigenvalue weighted by Gasteiger charge is 2.44. The molecule has 0 saturated carbocycles. The van der Waals surface area contributed by atoms with Crippen LogP contribution in [0.2, 0.25) is 0 Å². The maximum Gasteiger partial charge on any atom is 0.335 e. The summed E-state index contributed by atoms with van der Waals surface area (Å²) >= 11 is 1.74. The van der Waals surface area contributed by atoms with Gasteiger partial charge >= 0.3 is 17.8 Å². The number of carbonyl (C=O) groups is 3. The van der Waals surface area contributed by atoms with E-state index in [4.69, 9.17) is 0 Å². The van der Waals surface area contributed by atoms with Gasteiger partial charge in [0.1, 0.15) is 0 Å². The third-order valence-corrected chi connectivity index (χ3v) is 5.17. The average molecular weight is 307 g/mol. The van der Waals surface area contributed by atoms with E-state index in [1.807, 2.05) is 0 Å². The number of imide groups is 2. The number of urea groups is 1. The highest BCUT2D eigenvalue weighted by atomic mass is 32.1. The van der Waals surface area contributed by atoms with E-state index in [0.717, 1.165) is 22.8 Å². The van der Waals surface area contributed by atoms with Crippen molar-refractivity contribution < 1.29 is 14.4 Å². The monoisotopic (exact) mass is 307 g/mol. The van der Waals surface area contributed by atoms with Gasteiger partial charge in [0.25, 0.3) is 0 Å². The quantitative estimate of drug-likeness (QED) is 0.626. The second-order valence-electron chi connectivity index (χ2n) is 5.24. The summed E-state index contributed by atoms with van der Waals surface area (Å²) in [5.41, 5.74) is 1.25. The molecule has 0 bridgehead atoms. The zero-order valence-electron chi connectivity index (χ0n) is 12.0. The lowest BCUT2D eigenvalue weighted by molar-refractivity contribution is -0.144. The molecule has 0 radical (unpaired) electrons. The molecule has 112 valence electrons. The van der Waals surface area contributed by atoms with Crippen LogP contribution in [0.1, 0.15) is 30.3 Å². The van der Waals surface area contributed by atoms with Crippen molar-refractivity contribution in [1.82, 2.24) is 14.7 Å². The lowest BCUT2D eigenvalue weighted by atomic mass is 10.0. The molecule has 21 heavy (non-hydrogen) atoms. The van der Waals surface area contributed by atoms with Crippen LogP contribution in [0.3, 0.4) is 0 Å². The van der Waals surface area contributed by atoms with E-state index in [9.17, 15) is 14.4 Å². The van der Waals surface area contributed by atoms with E-state index >= 15 is 0 Å². The number of likely N-dealkylation sites (N-methyl/N-ethyl adjacent to an activating group) is 1. The van der Waals surface area contributed by atoms with E-state index in [-0.39, 0.29) is 19.3 Å². The molecule has 0 unspecified atom stereocenters. The van der Waals surface area contributed by atoms with Gasteiger partial charge in [0.05, 0.1) is 6.67 Å².